The standard InChI is InChI=1S/C5H10N2O2/c1-6(4-8)3-7(2)5-9/h4-5H,3H2,1-2H3. The molecule has 0 aliphatic heterocycles. The zero-order valence-electron chi connectivity index (χ0n) is 5.57. The highest BCUT2D eigenvalue weighted by Gasteiger charge is 1.94. The molecule has 0 spiro atoms. The largest absolute Gasteiger partial charge is 0.331 e. The summed E-state index contributed by atoms with van der Waals surface area (Å²) in [7, 11) is 3.21. The molecule has 2 amide bonds. The van der Waals surface area contributed by atoms with Gasteiger partial charge in [-0.2, -0.15) is 0 Å². The Morgan fingerprint density at radius 1 is 1.11 bits per heavy atom. The summed E-state index contributed by atoms with van der Waals surface area (Å²) in [5, 5.41) is 0. The van der Waals surface area contributed by atoms with E-state index in [0.717, 1.165) is 0 Å². The van der Waals surface area contributed by atoms with Crippen LogP contribution in [0, 0.1) is 0 Å². The van der Waals surface area contributed by atoms with Gasteiger partial charge in [-0.15, -0.1) is 0 Å². The maximum atomic E-state index is 9.94. The van der Waals surface area contributed by atoms with Gasteiger partial charge in [-0.05, 0) is 0 Å². The van der Waals surface area contributed by atoms with E-state index in [2.05, 4.69) is 0 Å². The summed E-state index contributed by atoms with van der Waals surface area (Å²) in [4.78, 5) is 22.6. The Hall–Kier alpha value is -1.06. The van der Waals surface area contributed by atoms with Crippen LogP contribution in [0.25, 0.3) is 0 Å². The van der Waals surface area contributed by atoms with Gasteiger partial charge in [-0.1, -0.05) is 0 Å². The van der Waals surface area contributed by atoms with Gasteiger partial charge in [-0.3, -0.25) is 9.59 Å². The van der Waals surface area contributed by atoms with Crippen molar-refractivity contribution in [2.75, 3.05) is 20.8 Å². The number of hydrogen-bond acceptors (Lipinski definition) is 2. The van der Waals surface area contributed by atoms with E-state index >= 15 is 0 Å². The third-order valence-corrected chi connectivity index (χ3v) is 0.806. The number of amides is 2. The molecule has 0 radical (unpaired) electrons. The van der Waals surface area contributed by atoms with Gasteiger partial charge in [0.2, 0.25) is 12.8 Å². The SMILES string of the molecule is CN(C=O)CN(C)C=O. The first kappa shape index (κ1) is 7.94. The van der Waals surface area contributed by atoms with Crippen LogP contribution >= 0.6 is 0 Å². The lowest BCUT2D eigenvalue weighted by Gasteiger charge is -2.16. The van der Waals surface area contributed by atoms with Crippen LogP contribution in [0.3, 0.4) is 0 Å². The van der Waals surface area contributed by atoms with Gasteiger partial charge in [0, 0.05) is 14.1 Å². The Kier molecular flexibility index (Phi) is 3.43. The molecule has 0 fully saturated rings. The molecule has 4 nitrogen and oxygen atoms in total. The molecule has 9 heavy (non-hydrogen) atoms. The number of carbonyl (C=O) groups is 2. The highest BCUT2D eigenvalue weighted by molar-refractivity contribution is 5.49. The Bertz CT molecular complexity index is 93.1. The molecule has 0 aliphatic rings. The molecule has 0 saturated carbocycles. The molecule has 0 heterocycles. The Morgan fingerprint density at radius 3 is 1.67 bits per heavy atom. The van der Waals surface area contributed by atoms with Crippen LogP contribution in [0.4, 0.5) is 0 Å². The molecule has 0 aromatic carbocycles. The smallest absolute Gasteiger partial charge is 0.210 e. The fraction of sp³-hybridized carbons (Fsp3) is 0.600. The number of rotatable bonds is 4. The number of carbonyl (C=O) groups excluding carboxylic acids is 2. The highest BCUT2D eigenvalue weighted by atomic mass is 16.1. The molecular weight excluding hydrogens is 120 g/mol. The third-order valence-electron chi connectivity index (χ3n) is 0.806. The Labute approximate surface area is 54.0 Å². The van der Waals surface area contributed by atoms with E-state index in [0.29, 0.717) is 19.5 Å². The minimum Gasteiger partial charge on any atom is -0.331 e. The lowest BCUT2D eigenvalue weighted by Crippen LogP contribution is -2.30. The van der Waals surface area contributed by atoms with Gasteiger partial charge in [0.1, 0.15) is 0 Å². The third kappa shape index (κ3) is 3.52. The molecule has 0 N–H and O–H groups in total. The zero-order valence-corrected chi connectivity index (χ0v) is 5.57. The Morgan fingerprint density at radius 2 is 1.44 bits per heavy atom. The lowest BCUT2D eigenvalue weighted by atomic mass is 10.8. The van der Waals surface area contributed by atoms with Crippen LogP contribution in [0.1, 0.15) is 0 Å². The molecule has 0 atom stereocenters. The van der Waals surface area contributed by atoms with Crippen molar-refractivity contribution < 1.29 is 9.59 Å². The normalized spacial score (nSPS) is 8.22. The minimum atomic E-state index is 0.340. The molecule has 0 aromatic heterocycles. The summed E-state index contributed by atoms with van der Waals surface area (Å²) in [5.41, 5.74) is 0. The van der Waals surface area contributed by atoms with Crippen LogP contribution < -0.4 is 0 Å². The van der Waals surface area contributed by atoms with E-state index in [1.54, 1.807) is 14.1 Å². The molecule has 0 unspecified atom stereocenters. The fourth-order valence-electron chi connectivity index (χ4n) is 0.419. The molecule has 0 rings (SSSR count). The molecule has 0 aliphatic carbocycles. The summed E-state index contributed by atoms with van der Waals surface area (Å²) < 4.78 is 0. The van der Waals surface area contributed by atoms with Crippen LogP contribution in [0.15, 0.2) is 0 Å². The van der Waals surface area contributed by atoms with E-state index in [-0.39, 0.29) is 0 Å². The molecule has 0 saturated heterocycles. The van der Waals surface area contributed by atoms with E-state index in [1.165, 1.54) is 9.80 Å². The van der Waals surface area contributed by atoms with Crippen LogP contribution in [-0.4, -0.2) is 43.4 Å². The van der Waals surface area contributed by atoms with Crippen molar-refractivity contribution in [3.8, 4) is 0 Å². The summed E-state index contributed by atoms with van der Waals surface area (Å²) >= 11 is 0. The molecule has 0 bridgehead atoms. The topological polar surface area (TPSA) is 40.6 Å². The Balaban J connectivity index is 3.45. The second-order valence-electron chi connectivity index (χ2n) is 1.87. The van der Waals surface area contributed by atoms with Crippen molar-refractivity contribution in [1.82, 2.24) is 9.80 Å². The fourth-order valence-corrected chi connectivity index (χ4v) is 0.419. The van der Waals surface area contributed by atoms with Crippen LogP contribution in [0.2, 0.25) is 0 Å². The quantitative estimate of drug-likeness (QED) is 0.366. The lowest BCUT2D eigenvalue weighted by molar-refractivity contribution is -0.123. The maximum absolute atomic E-state index is 9.94. The van der Waals surface area contributed by atoms with Crippen LogP contribution in [0.5, 0.6) is 0 Å². The van der Waals surface area contributed by atoms with Gasteiger partial charge < -0.3 is 9.80 Å². The van der Waals surface area contributed by atoms with E-state index in [1.807, 2.05) is 0 Å². The predicted octanol–water partition coefficient (Wildman–Crippen LogP) is -0.880. The second-order valence-corrected chi connectivity index (χ2v) is 1.87. The summed E-state index contributed by atoms with van der Waals surface area (Å²) in [6, 6.07) is 0. The first-order valence-corrected chi connectivity index (χ1v) is 2.51. The summed E-state index contributed by atoms with van der Waals surface area (Å²) in [6.45, 7) is 0.340. The van der Waals surface area contributed by atoms with Gasteiger partial charge in [0.05, 0.1) is 6.67 Å². The van der Waals surface area contributed by atoms with Crippen molar-refractivity contribution in [1.29, 1.82) is 0 Å². The van der Waals surface area contributed by atoms with Crippen molar-refractivity contribution in [2.45, 2.75) is 0 Å². The van der Waals surface area contributed by atoms with E-state index < -0.39 is 0 Å². The molecule has 0 aromatic rings. The van der Waals surface area contributed by atoms with Gasteiger partial charge in [-0.25, -0.2) is 0 Å². The van der Waals surface area contributed by atoms with Crippen LogP contribution in [-0.2, 0) is 9.59 Å². The monoisotopic (exact) mass is 130 g/mol. The van der Waals surface area contributed by atoms with Crippen molar-refractivity contribution >= 4 is 12.8 Å². The van der Waals surface area contributed by atoms with Crippen molar-refractivity contribution in [2.24, 2.45) is 0 Å². The summed E-state index contributed by atoms with van der Waals surface area (Å²) in [5.74, 6) is 0. The molecule has 4 heteroatoms. The minimum absolute atomic E-state index is 0.340. The van der Waals surface area contributed by atoms with Gasteiger partial charge in [0.15, 0.2) is 0 Å². The highest BCUT2D eigenvalue weighted by Crippen LogP contribution is 1.77. The van der Waals surface area contributed by atoms with E-state index in [4.69, 9.17) is 0 Å². The maximum Gasteiger partial charge on any atom is 0.210 e. The van der Waals surface area contributed by atoms with E-state index in [9.17, 15) is 9.59 Å². The zero-order chi connectivity index (χ0) is 7.28. The van der Waals surface area contributed by atoms with Crippen molar-refractivity contribution in [3.63, 3.8) is 0 Å². The van der Waals surface area contributed by atoms with Gasteiger partial charge in [0.25, 0.3) is 0 Å². The first-order valence-electron chi connectivity index (χ1n) is 2.51. The second kappa shape index (κ2) is 3.88. The predicted molar refractivity (Wildman–Crippen MR) is 32.5 cm³/mol. The average molecular weight is 130 g/mol. The van der Waals surface area contributed by atoms with Gasteiger partial charge >= 0.3 is 0 Å². The van der Waals surface area contributed by atoms with Crippen molar-refractivity contribution in [3.05, 3.63) is 0 Å². The first-order chi connectivity index (χ1) is 4.20. The molecule has 52 valence electrons. The average Bonchev–Trinajstić information content (AvgIpc) is 1.87. The molecular formula is C5H10N2O2. The number of hydrogen-bond donors (Lipinski definition) is 0. The summed E-state index contributed by atoms with van der Waals surface area (Å²) in [6.07, 6.45) is 1.33. The number of nitrogens with zero attached hydrogens (tertiary/aromatic N) is 2.